The lowest BCUT2D eigenvalue weighted by Gasteiger charge is -2.12. The largest absolute Gasteiger partial charge is 0.490 e. The SMILES string of the molecule is CCOc1cc(/C=N/NC(=O)c2ccc(Cl)cc2Cl)ccc1OC(=O)c1ccc(Cl)cc1Cl. The minimum atomic E-state index is -0.661. The Morgan fingerprint density at radius 1 is 0.879 bits per heavy atom. The van der Waals surface area contributed by atoms with Gasteiger partial charge in [0.25, 0.3) is 5.91 Å². The first-order valence-corrected chi connectivity index (χ1v) is 11.0. The van der Waals surface area contributed by atoms with E-state index < -0.39 is 11.9 Å². The Kier molecular flexibility index (Phi) is 8.58. The second-order valence-corrected chi connectivity index (χ2v) is 8.16. The topological polar surface area (TPSA) is 77.0 Å². The molecule has 0 aliphatic carbocycles. The van der Waals surface area contributed by atoms with Gasteiger partial charge < -0.3 is 9.47 Å². The first-order chi connectivity index (χ1) is 15.8. The molecule has 33 heavy (non-hydrogen) atoms. The number of hydrogen-bond donors (Lipinski definition) is 1. The highest BCUT2D eigenvalue weighted by atomic mass is 35.5. The van der Waals surface area contributed by atoms with E-state index >= 15 is 0 Å². The number of esters is 1. The summed E-state index contributed by atoms with van der Waals surface area (Å²) in [6.45, 7) is 2.12. The molecule has 3 aromatic carbocycles. The van der Waals surface area contributed by atoms with Crippen LogP contribution in [0.5, 0.6) is 11.5 Å². The van der Waals surface area contributed by atoms with Crippen molar-refractivity contribution in [1.29, 1.82) is 0 Å². The molecule has 0 aromatic heterocycles. The molecule has 0 saturated carbocycles. The Bertz CT molecular complexity index is 1230. The lowest BCUT2D eigenvalue weighted by Crippen LogP contribution is -2.18. The first kappa shape index (κ1) is 24.9. The second kappa shape index (κ2) is 11.4. The predicted molar refractivity (Wildman–Crippen MR) is 131 cm³/mol. The summed E-state index contributed by atoms with van der Waals surface area (Å²) in [5, 5.41) is 5.13. The van der Waals surface area contributed by atoms with E-state index in [0.29, 0.717) is 28.0 Å². The van der Waals surface area contributed by atoms with Gasteiger partial charge in [0.1, 0.15) is 0 Å². The van der Waals surface area contributed by atoms with Gasteiger partial charge in [-0.25, -0.2) is 10.2 Å². The number of nitrogens with one attached hydrogen (secondary N) is 1. The number of carbonyl (C=O) groups is 2. The summed E-state index contributed by atoms with van der Waals surface area (Å²) >= 11 is 23.8. The number of carbonyl (C=O) groups excluding carboxylic acids is 2. The van der Waals surface area contributed by atoms with E-state index in [-0.39, 0.29) is 26.9 Å². The van der Waals surface area contributed by atoms with Gasteiger partial charge in [0.2, 0.25) is 0 Å². The van der Waals surface area contributed by atoms with Crippen LogP contribution in [0.4, 0.5) is 0 Å². The molecule has 10 heteroatoms. The van der Waals surface area contributed by atoms with Crippen LogP contribution < -0.4 is 14.9 Å². The molecule has 1 amide bonds. The Labute approximate surface area is 210 Å². The van der Waals surface area contributed by atoms with Gasteiger partial charge in [0.05, 0.1) is 34.0 Å². The number of benzene rings is 3. The summed E-state index contributed by atoms with van der Waals surface area (Å²) in [5.74, 6) is -0.650. The van der Waals surface area contributed by atoms with Gasteiger partial charge in [0.15, 0.2) is 11.5 Å². The van der Waals surface area contributed by atoms with Gasteiger partial charge in [-0.1, -0.05) is 46.4 Å². The van der Waals surface area contributed by atoms with Crippen LogP contribution in [0, 0.1) is 0 Å². The van der Waals surface area contributed by atoms with Crippen LogP contribution in [-0.4, -0.2) is 24.7 Å². The molecule has 0 fully saturated rings. The fraction of sp³-hybridized carbons (Fsp3) is 0.0870. The van der Waals surface area contributed by atoms with Gasteiger partial charge >= 0.3 is 5.97 Å². The van der Waals surface area contributed by atoms with Crippen molar-refractivity contribution < 1.29 is 19.1 Å². The quantitative estimate of drug-likeness (QED) is 0.161. The van der Waals surface area contributed by atoms with Crippen LogP contribution in [0.3, 0.4) is 0 Å². The molecular formula is C23H16Cl4N2O4. The maximum absolute atomic E-state index is 12.5. The predicted octanol–water partition coefficient (Wildman–Crippen LogP) is 6.68. The summed E-state index contributed by atoms with van der Waals surface area (Å²) in [6, 6.07) is 13.8. The van der Waals surface area contributed by atoms with Gasteiger partial charge in [-0.15, -0.1) is 0 Å². The maximum atomic E-state index is 12.5. The average molecular weight is 526 g/mol. The third kappa shape index (κ3) is 6.62. The number of rotatable bonds is 7. The number of ether oxygens (including phenoxy) is 2. The van der Waals surface area contributed by atoms with Gasteiger partial charge in [-0.3, -0.25) is 4.79 Å². The number of hydrogen-bond acceptors (Lipinski definition) is 5. The summed E-state index contributed by atoms with van der Waals surface area (Å²) in [7, 11) is 0. The number of nitrogens with zero attached hydrogens (tertiary/aromatic N) is 1. The molecule has 6 nitrogen and oxygen atoms in total. The Morgan fingerprint density at radius 3 is 2.12 bits per heavy atom. The molecule has 1 N–H and O–H groups in total. The molecule has 0 aliphatic heterocycles. The molecule has 0 radical (unpaired) electrons. The number of halogens is 4. The summed E-state index contributed by atoms with van der Waals surface area (Å²) < 4.78 is 11.0. The minimum Gasteiger partial charge on any atom is -0.490 e. The van der Waals surface area contributed by atoms with Crippen LogP contribution in [0.2, 0.25) is 20.1 Å². The van der Waals surface area contributed by atoms with E-state index in [4.69, 9.17) is 55.9 Å². The zero-order valence-electron chi connectivity index (χ0n) is 17.1. The lowest BCUT2D eigenvalue weighted by molar-refractivity contribution is 0.0728. The molecule has 3 rings (SSSR count). The van der Waals surface area contributed by atoms with Crippen LogP contribution in [0.25, 0.3) is 0 Å². The van der Waals surface area contributed by atoms with E-state index in [2.05, 4.69) is 10.5 Å². The van der Waals surface area contributed by atoms with Crippen molar-refractivity contribution in [3.8, 4) is 11.5 Å². The van der Waals surface area contributed by atoms with Crippen molar-refractivity contribution in [2.24, 2.45) is 5.10 Å². The highest BCUT2D eigenvalue weighted by Gasteiger charge is 2.16. The molecule has 170 valence electrons. The Balaban J connectivity index is 1.73. The molecule has 0 aliphatic rings. The highest BCUT2D eigenvalue weighted by Crippen LogP contribution is 2.30. The van der Waals surface area contributed by atoms with Crippen molar-refractivity contribution >= 4 is 64.5 Å². The van der Waals surface area contributed by atoms with Gasteiger partial charge in [-0.2, -0.15) is 5.10 Å². The summed E-state index contributed by atoms with van der Waals surface area (Å²) in [5.41, 5.74) is 3.38. The van der Waals surface area contributed by atoms with Crippen molar-refractivity contribution in [3.63, 3.8) is 0 Å². The average Bonchev–Trinajstić information content (AvgIpc) is 2.75. The molecule has 3 aromatic rings. The van der Waals surface area contributed by atoms with E-state index in [1.165, 1.54) is 30.5 Å². The normalized spacial score (nSPS) is 10.8. The summed E-state index contributed by atoms with van der Waals surface area (Å²) in [6.07, 6.45) is 1.41. The monoisotopic (exact) mass is 524 g/mol. The van der Waals surface area contributed by atoms with Crippen LogP contribution in [0.15, 0.2) is 59.7 Å². The van der Waals surface area contributed by atoms with Gasteiger partial charge in [-0.05, 0) is 67.1 Å². The Hall–Kier alpha value is -2.77. The molecular weight excluding hydrogens is 510 g/mol. The fourth-order valence-electron chi connectivity index (χ4n) is 2.67. The highest BCUT2D eigenvalue weighted by molar-refractivity contribution is 6.37. The zero-order chi connectivity index (χ0) is 24.0. The van der Waals surface area contributed by atoms with Crippen LogP contribution in [0.1, 0.15) is 33.2 Å². The van der Waals surface area contributed by atoms with Crippen molar-refractivity contribution in [2.45, 2.75) is 6.92 Å². The minimum absolute atomic E-state index is 0.165. The van der Waals surface area contributed by atoms with Gasteiger partial charge in [0, 0.05) is 10.0 Å². The standard InChI is InChI=1S/C23H16Cl4N2O4/c1-2-32-21-9-13(12-28-29-22(30)16-6-4-14(24)10-18(16)26)3-8-20(21)33-23(31)17-7-5-15(25)11-19(17)27/h3-12H,2H2,1H3,(H,29,30)/b28-12+. The van der Waals surface area contributed by atoms with Crippen molar-refractivity contribution in [2.75, 3.05) is 6.61 Å². The molecule has 0 saturated heterocycles. The lowest BCUT2D eigenvalue weighted by atomic mass is 10.2. The molecule has 0 spiro atoms. The zero-order valence-corrected chi connectivity index (χ0v) is 20.1. The first-order valence-electron chi connectivity index (χ1n) is 9.51. The molecule has 0 unspecified atom stereocenters. The van der Waals surface area contributed by atoms with E-state index in [1.807, 2.05) is 0 Å². The van der Waals surface area contributed by atoms with Crippen LogP contribution >= 0.6 is 46.4 Å². The van der Waals surface area contributed by atoms with E-state index in [9.17, 15) is 9.59 Å². The molecule has 0 bridgehead atoms. The summed E-state index contributed by atoms with van der Waals surface area (Å²) in [4.78, 5) is 24.8. The second-order valence-electron chi connectivity index (χ2n) is 6.48. The van der Waals surface area contributed by atoms with Crippen LogP contribution in [-0.2, 0) is 0 Å². The fourth-order valence-corrected chi connectivity index (χ4v) is 3.65. The molecule has 0 heterocycles. The third-order valence-corrected chi connectivity index (χ3v) is 5.27. The molecule has 0 atom stereocenters. The number of hydrazone groups is 1. The maximum Gasteiger partial charge on any atom is 0.345 e. The van der Waals surface area contributed by atoms with E-state index in [0.717, 1.165) is 0 Å². The van der Waals surface area contributed by atoms with E-state index in [1.54, 1.807) is 37.3 Å². The number of amides is 1. The third-order valence-electron chi connectivity index (χ3n) is 4.18. The van der Waals surface area contributed by atoms with Crippen molar-refractivity contribution in [1.82, 2.24) is 5.43 Å². The smallest absolute Gasteiger partial charge is 0.345 e. The Morgan fingerprint density at radius 2 is 1.52 bits per heavy atom. The van der Waals surface area contributed by atoms with Crippen molar-refractivity contribution in [3.05, 3.63) is 91.4 Å².